The highest BCUT2D eigenvalue weighted by Gasteiger charge is 2.44. The first-order chi connectivity index (χ1) is 27.3. The van der Waals surface area contributed by atoms with E-state index in [9.17, 15) is 30.3 Å². The molecular formula is C47H89NO8. The molecular weight excluding hydrogens is 707 g/mol. The van der Waals surface area contributed by atoms with Gasteiger partial charge < -0.3 is 40.3 Å². The van der Waals surface area contributed by atoms with Crippen LogP contribution < -0.4 is 5.32 Å². The molecule has 1 aliphatic heterocycles. The molecule has 56 heavy (non-hydrogen) atoms. The van der Waals surface area contributed by atoms with Crippen LogP contribution in [0.1, 0.15) is 213 Å². The standard InChI is InChI=1S/C47H89NO8/c1-3-5-7-9-11-13-15-16-17-18-19-20-21-22-23-24-25-26-27-29-31-33-35-37-43(51)48-40(39-55-47-46(54)45(53)44(52)42(38-49)56-47)41(50)36-34-32-30-28-14-12-10-8-6-4-2/h22-23,34,36,40-42,44-47,49-50,52-54H,3-21,24-33,35,37-39H2,1-2H3,(H,48,51)/b23-22-,36-34+. The highest BCUT2D eigenvalue weighted by molar-refractivity contribution is 5.76. The van der Waals surface area contributed by atoms with E-state index in [0.717, 1.165) is 38.5 Å². The van der Waals surface area contributed by atoms with Crippen LogP contribution in [0.3, 0.4) is 0 Å². The molecule has 330 valence electrons. The number of nitrogens with one attached hydrogen (secondary N) is 1. The Morgan fingerprint density at radius 2 is 1.00 bits per heavy atom. The number of aliphatic hydroxyl groups is 5. The lowest BCUT2D eigenvalue weighted by molar-refractivity contribution is -0.302. The third-order valence-corrected chi connectivity index (χ3v) is 11.3. The summed E-state index contributed by atoms with van der Waals surface area (Å²) >= 11 is 0. The molecule has 1 aliphatic rings. The fourth-order valence-corrected chi connectivity index (χ4v) is 7.44. The lowest BCUT2D eigenvalue weighted by Gasteiger charge is -2.40. The normalized spacial score (nSPS) is 21.3. The maximum absolute atomic E-state index is 12.9. The zero-order valence-electron chi connectivity index (χ0n) is 36.1. The Kier molecular flexibility index (Phi) is 35.7. The van der Waals surface area contributed by atoms with E-state index in [-0.39, 0.29) is 12.5 Å². The van der Waals surface area contributed by atoms with Crippen molar-refractivity contribution >= 4 is 5.91 Å². The zero-order valence-corrected chi connectivity index (χ0v) is 36.1. The molecule has 1 fully saturated rings. The number of unbranched alkanes of at least 4 members (excludes halogenated alkanes) is 27. The number of amides is 1. The lowest BCUT2D eigenvalue weighted by atomic mass is 9.99. The van der Waals surface area contributed by atoms with E-state index in [1.807, 2.05) is 6.08 Å². The minimum Gasteiger partial charge on any atom is -0.394 e. The number of rotatable bonds is 39. The second kappa shape index (κ2) is 37.9. The smallest absolute Gasteiger partial charge is 0.220 e. The molecule has 0 bridgehead atoms. The summed E-state index contributed by atoms with van der Waals surface area (Å²) in [5.41, 5.74) is 0. The van der Waals surface area contributed by atoms with E-state index in [4.69, 9.17) is 9.47 Å². The predicted octanol–water partition coefficient (Wildman–Crippen LogP) is 9.89. The second-order valence-electron chi connectivity index (χ2n) is 16.5. The molecule has 0 saturated carbocycles. The minimum absolute atomic E-state index is 0.182. The lowest BCUT2D eigenvalue weighted by Crippen LogP contribution is -2.60. The summed E-state index contributed by atoms with van der Waals surface area (Å²) in [6.45, 7) is 3.75. The van der Waals surface area contributed by atoms with Gasteiger partial charge in [-0.15, -0.1) is 0 Å². The molecule has 1 amide bonds. The van der Waals surface area contributed by atoms with Crippen molar-refractivity contribution in [3.05, 3.63) is 24.3 Å². The van der Waals surface area contributed by atoms with Crippen LogP contribution >= 0.6 is 0 Å². The third kappa shape index (κ3) is 28.2. The van der Waals surface area contributed by atoms with Gasteiger partial charge in [0.15, 0.2) is 6.29 Å². The van der Waals surface area contributed by atoms with Gasteiger partial charge in [0.25, 0.3) is 0 Å². The predicted molar refractivity (Wildman–Crippen MR) is 230 cm³/mol. The largest absolute Gasteiger partial charge is 0.394 e. The van der Waals surface area contributed by atoms with E-state index in [1.165, 1.54) is 154 Å². The number of aliphatic hydroxyl groups excluding tert-OH is 5. The van der Waals surface area contributed by atoms with Crippen LogP contribution in [-0.4, -0.2) is 87.5 Å². The molecule has 0 radical (unpaired) electrons. The summed E-state index contributed by atoms with van der Waals surface area (Å²) in [4.78, 5) is 12.9. The summed E-state index contributed by atoms with van der Waals surface area (Å²) in [6.07, 6.45) is 38.1. The van der Waals surface area contributed by atoms with Crippen molar-refractivity contribution in [1.82, 2.24) is 5.32 Å². The van der Waals surface area contributed by atoms with Crippen molar-refractivity contribution in [1.29, 1.82) is 0 Å². The van der Waals surface area contributed by atoms with Gasteiger partial charge in [0.1, 0.15) is 24.4 Å². The average Bonchev–Trinajstić information content (AvgIpc) is 3.20. The van der Waals surface area contributed by atoms with Crippen LogP contribution in [0, 0.1) is 0 Å². The number of carbonyl (C=O) groups is 1. The van der Waals surface area contributed by atoms with Gasteiger partial charge in [0, 0.05) is 6.42 Å². The average molecular weight is 796 g/mol. The van der Waals surface area contributed by atoms with Gasteiger partial charge in [0.05, 0.1) is 25.4 Å². The Balaban J connectivity index is 2.25. The van der Waals surface area contributed by atoms with E-state index >= 15 is 0 Å². The Morgan fingerprint density at radius 1 is 0.589 bits per heavy atom. The molecule has 7 atom stereocenters. The van der Waals surface area contributed by atoms with Gasteiger partial charge in [-0.2, -0.15) is 0 Å². The molecule has 0 aromatic heterocycles. The Bertz CT molecular complexity index is 930. The molecule has 0 aromatic rings. The Hall–Kier alpha value is -1.33. The molecule has 1 heterocycles. The van der Waals surface area contributed by atoms with Crippen molar-refractivity contribution in [3.63, 3.8) is 0 Å². The first-order valence-electron chi connectivity index (χ1n) is 23.6. The molecule has 7 unspecified atom stereocenters. The summed E-state index contributed by atoms with van der Waals surface area (Å²) in [5, 5.41) is 54.1. The first-order valence-corrected chi connectivity index (χ1v) is 23.6. The van der Waals surface area contributed by atoms with Crippen molar-refractivity contribution in [3.8, 4) is 0 Å². The Morgan fingerprint density at radius 3 is 1.45 bits per heavy atom. The highest BCUT2D eigenvalue weighted by atomic mass is 16.7. The number of allylic oxidation sites excluding steroid dienone is 3. The third-order valence-electron chi connectivity index (χ3n) is 11.3. The van der Waals surface area contributed by atoms with Crippen molar-refractivity contribution in [2.45, 2.75) is 256 Å². The molecule has 0 aliphatic carbocycles. The monoisotopic (exact) mass is 796 g/mol. The minimum atomic E-state index is -1.56. The number of hydrogen-bond donors (Lipinski definition) is 6. The maximum Gasteiger partial charge on any atom is 0.220 e. The molecule has 0 aromatic carbocycles. The van der Waals surface area contributed by atoms with Gasteiger partial charge in [0.2, 0.25) is 5.91 Å². The van der Waals surface area contributed by atoms with Gasteiger partial charge in [-0.05, 0) is 44.9 Å². The molecule has 9 heteroatoms. The highest BCUT2D eigenvalue weighted by Crippen LogP contribution is 2.23. The van der Waals surface area contributed by atoms with Gasteiger partial charge in [-0.25, -0.2) is 0 Å². The maximum atomic E-state index is 12.9. The Labute approximate surface area is 343 Å². The van der Waals surface area contributed by atoms with Gasteiger partial charge in [-0.1, -0.05) is 186 Å². The summed E-state index contributed by atoms with van der Waals surface area (Å²) in [7, 11) is 0. The number of hydrogen-bond acceptors (Lipinski definition) is 8. The molecule has 6 N–H and O–H groups in total. The van der Waals surface area contributed by atoms with E-state index in [1.54, 1.807) is 6.08 Å². The van der Waals surface area contributed by atoms with Crippen LogP contribution in [0.15, 0.2) is 24.3 Å². The van der Waals surface area contributed by atoms with Crippen LogP contribution in [0.25, 0.3) is 0 Å². The molecule has 1 saturated heterocycles. The summed E-state index contributed by atoms with van der Waals surface area (Å²) in [5.74, 6) is -0.182. The molecule has 9 nitrogen and oxygen atoms in total. The van der Waals surface area contributed by atoms with E-state index < -0.39 is 49.5 Å². The quantitative estimate of drug-likeness (QED) is 0.0266. The van der Waals surface area contributed by atoms with Crippen molar-refractivity contribution in [2.24, 2.45) is 0 Å². The number of carbonyl (C=O) groups excluding carboxylic acids is 1. The van der Waals surface area contributed by atoms with E-state index in [0.29, 0.717) is 6.42 Å². The van der Waals surface area contributed by atoms with Crippen LogP contribution in [-0.2, 0) is 14.3 Å². The van der Waals surface area contributed by atoms with Gasteiger partial charge >= 0.3 is 0 Å². The van der Waals surface area contributed by atoms with Crippen molar-refractivity contribution in [2.75, 3.05) is 13.2 Å². The summed E-state index contributed by atoms with van der Waals surface area (Å²) in [6, 6.07) is -0.803. The fraction of sp³-hybridized carbons (Fsp3) is 0.894. The summed E-state index contributed by atoms with van der Waals surface area (Å²) < 4.78 is 11.2. The zero-order chi connectivity index (χ0) is 40.9. The van der Waals surface area contributed by atoms with Crippen molar-refractivity contribution < 1.29 is 39.8 Å². The second-order valence-corrected chi connectivity index (χ2v) is 16.5. The van der Waals surface area contributed by atoms with Crippen LogP contribution in [0.4, 0.5) is 0 Å². The van der Waals surface area contributed by atoms with Gasteiger partial charge in [-0.3, -0.25) is 4.79 Å². The number of ether oxygens (including phenoxy) is 2. The van der Waals surface area contributed by atoms with E-state index in [2.05, 4.69) is 31.3 Å². The van der Waals surface area contributed by atoms with Crippen LogP contribution in [0.5, 0.6) is 0 Å². The van der Waals surface area contributed by atoms with Crippen LogP contribution in [0.2, 0.25) is 0 Å². The SMILES string of the molecule is CCCCCCCCCC/C=C/C(O)C(COC1OC(CO)C(O)C(O)C1O)NC(=O)CCCCCCCCC/C=C\CCCCCCCCCCCCCC. The fourth-order valence-electron chi connectivity index (χ4n) is 7.44. The topological polar surface area (TPSA) is 149 Å². The molecule has 0 spiro atoms. The molecule has 1 rings (SSSR count). The first kappa shape index (κ1) is 52.7.